The zero-order valence-corrected chi connectivity index (χ0v) is 12.2. The van der Waals surface area contributed by atoms with Gasteiger partial charge in [0.25, 0.3) is 5.91 Å². The van der Waals surface area contributed by atoms with Crippen LogP contribution in [0.15, 0.2) is 11.6 Å². The van der Waals surface area contributed by atoms with Gasteiger partial charge in [-0.1, -0.05) is 25.5 Å². The van der Waals surface area contributed by atoms with Crippen molar-refractivity contribution in [1.82, 2.24) is 4.90 Å². The molecule has 2 atom stereocenters. The van der Waals surface area contributed by atoms with Gasteiger partial charge in [0.1, 0.15) is 0 Å². The van der Waals surface area contributed by atoms with Crippen LogP contribution in [0.2, 0.25) is 0 Å². The van der Waals surface area contributed by atoms with Crippen molar-refractivity contribution in [2.45, 2.75) is 46.1 Å². The molecular formula is C15H23NO3. The van der Waals surface area contributed by atoms with Gasteiger partial charge in [0.2, 0.25) is 0 Å². The molecule has 1 aliphatic carbocycles. The number of hydrogen-bond acceptors (Lipinski definition) is 3. The van der Waals surface area contributed by atoms with E-state index >= 15 is 0 Å². The first-order chi connectivity index (χ1) is 8.81. The topological polar surface area (TPSA) is 46.6 Å². The van der Waals surface area contributed by atoms with Crippen molar-refractivity contribution in [2.24, 2.45) is 11.3 Å². The fourth-order valence-electron chi connectivity index (χ4n) is 2.91. The monoisotopic (exact) mass is 265 g/mol. The molecule has 19 heavy (non-hydrogen) atoms. The molecule has 1 amide bonds. The summed E-state index contributed by atoms with van der Waals surface area (Å²) >= 11 is 0. The van der Waals surface area contributed by atoms with Crippen LogP contribution in [-0.4, -0.2) is 36.5 Å². The van der Waals surface area contributed by atoms with E-state index in [1.54, 1.807) is 11.9 Å². The van der Waals surface area contributed by atoms with Crippen LogP contribution in [0, 0.1) is 11.3 Å². The van der Waals surface area contributed by atoms with Crippen LogP contribution in [0.25, 0.3) is 0 Å². The van der Waals surface area contributed by atoms with Crippen LogP contribution >= 0.6 is 0 Å². The SMILES string of the molecule is CC1=CCC(C(=O)OC2C(=O)N(C)CC2(C)C)CC1. The first-order valence-corrected chi connectivity index (χ1v) is 6.92. The number of esters is 1. The maximum atomic E-state index is 12.2. The van der Waals surface area contributed by atoms with Gasteiger partial charge in [0, 0.05) is 19.0 Å². The molecule has 0 N–H and O–H groups in total. The second-order valence-electron chi connectivity index (χ2n) is 6.52. The van der Waals surface area contributed by atoms with Gasteiger partial charge in [-0.15, -0.1) is 0 Å². The Labute approximate surface area is 114 Å². The van der Waals surface area contributed by atoms with Crippen molar-refractivity contribution >= 4 is 11.9 Å². The highest BCUT2D eigenvalue weighted by Gasteiger charge is 2.47. The molecule has 0 bridgehead atoms. The summed E-state index contributed by atoms with van der Waals surface area (Å²) in [5.74, 6) is -0.385. The standard InChI is InChI=1S/C15H23NO3/c1-10-5-7-11(8-6-10)14(18)19-12-13(17)16(4)9-15(12,2)3/h5,11-12H,6-9H2,1-4H3. The molecule has 0 aromatic rings. The van der Waals surface area contributed by atoms with Crippen LogP contribution in [0.1, 0.15) is 40.0 Å². The van der Waals surface area contributed by atoms with E-state index in [0.29, 0.717) is 6.54 Å². The number of ether oxygens (including phenoxy) is 1. The lowest BCUT2D eigenvalue weighted by molar-refractivity contribution is -0.164. The van der Waals surface area contributed by atoms with Gasteiger partial charge in [0.15, 0.2) is 6.10 Å². The maximum Gasteiger partial charge on any atom is 0.310 e. The van der Waals surface area contributed by atoms with Crippen molar-refractivity contribution in [2.75, 3.05) is 13.6 Å². The van der Waals surface area contributed by atoms with Crippen molar-refractivity contribution in [1.29, 1.82) is 0 Å². The van der Waals surface area contributed by atoms with Crippen LogP contribution in [0.5, 0.6) is 0 Å². The van der Waals surface area contributed by atoms with Gasteiger partial charge in [0.05, 0.1) is 5.92 Å². The first kappa shape index (κ1) is 14.1. The van der Waals surface area contributed by atoms with E-state index in [-0.39, 0.29) is 23.2 Å². The zero-order chi connectivity index (χ0) is 14.2. The number of rotatable bonds is 2. The Morgan fingerprint density at radius 3 is 2.63 bits per heavy atom. The van der Waals surface area contributed by atoms with E-state index in [0.717, 1.165) is 19.3 Å². The third kappa shape index (κ3) is 2.82. The molecule has 1 fully saturated rings. The third-order valence-electron chi connectivity index (χ3n) is 4.16. The average Bonchev–Trinajstić information content (AvgIpc) is 2.52. The number of allylic oxidation sites excluding steroid dienone is 2. The molecule has 0 aromatic carbocycles. The van der Waals surface area contributed by atoms with Gasteiger partial charge in [-0.3, -0.25) is 9.59 Å². The molecule has 2 unspecified atom stereocenters. The highest BCUT2D eigenvalue weighted by atomic mass is 16.6. The predicted octanol–water partition coefficient (Wildman–Crippen LogP) is 2.14. The van der Waals surface area contributed by atoms with Crippen molar-refractivity contribution < 1.29 is 14.3 Å². The second kappa shape index (κ2) is 4.99. The molecule has 4 nitrogen and oxygen atoms in total. The number of likely N-dealkylation sites (N-methyl/N-ethyl adjacent to an activating group) is 1. The van der Waals surface area contributed by atoms with Crippen molar-refractivity contribution in [3.63, 3.8) is 0 Å². The Hall–Kier alpha value is -1.32. The largest absolute Gasteiger partial charge is 0.451 e. The molecule has 1 aliphatic heterocycles. The quantitative estimate of drug-likeness (QED) is 0.567. The Kier molecular flexibility index (Phi) is 3.70. The van der Waals surface area contributed by atoms with Crippen LogP contribution in [0.4, 0.5) is 0 Å². The van der Waals surface area contributed by atoms with Gasteiger partial charge in [-0.05, 0) is 26.2 Å². The fourth-order valence-corrected chi connectivity index (χ4v) is 2.91. The lowest BCUT2D eigenvalue weighted by Gasteiger charge is -2.26. The highest BCUT2D eigenvalue weighted by molar-refractivity contribution is 5.87. The molecule has 0 radical (unpaired) electrons. The number of hydrogen-bond donors (Lipinski definition) is 0. The molecule has 2 rings (SSSR count). The normalized spacial score (nSPS) is 30.2. The summed E-state index contributed by atoms with van der Waals surface area (Å²) in [5, 5.41) is 0. The maximum absolute atomic E-state index is 12.2. The molecule has 0 saturated carbocycles. The lowest BCUT2D eigenvalue weighted by atomic mass is 9.88. The molecule has 1 saturated heterocycles. The minimum Gasteiger partial charge on any atom is -0.451 e. The minimum absolute atomic E-state index is 0.0825. The number of amides is 1. The van der Waals surface area contributed by atoms with Crippen molar-refractivity contribution in [3.05, 3.63) is 11.6 Å². The Morgan fingerprint density at radius 2 is 2.16 bits per heavy atom. The Bertz CT molecular complexity index is 425. The van der Waals surface area contributed by atoms with E-state index in [4.69, 9.17) is 4.74 Å². The highest BCUT2D eigenvalue weighted by Crippen LogP contribution is 2.34. The molecule has 0 aromatic heterocycles. The second-order valence-corrected chi connectivity index (χ2v) is 6.52. The summed E-state index contributed by atoms with van der Waals surface area (Å²) in [6.07, 6.45) is 3.99. The minimum atomic E-state index is -0.628. The number of likely N-dealkylation sites (tertiary alicyclic amines) is 1. The summed E-state index contributed by atoms with van der Waals surface area (Å²) in [6.45, 7) is 6.65. The van der Waals surface area contributed by atoms with Crippen LogP contribution < -0.4 is 0 Å². The van der Waals surface area contributed by atoms with E-state index in [9.17, 15) is 9.59 Å². The van der Waals surface area contributed by atoms with Gasteiger partial charge in [-0.2, -0.15) is 0 Å². The van der Waals surface area contributed by atoms with Crippen LogP contribution in [0.3, 0.4) is 0 Å². The Morgan fingerprint density at radius 1 is 1.47 bits per heavy atom. The molecule has 106 valence electrons. The van der Waals surface area contributed by atoms with Crippen LogP contribution in [-0.2, 0) is 14.3 Å². The average molecular weight is 265 g/mol. The Balaban J connectivity index is 2.01. The molecular weight excluding hydrogens is 242 g/mol. The van der Waals surface area contributed by atoms with E-state index in [2.05, 4.69) is 13.0 Å². The summed E-state index contributed by atoms with van der Waals surface area (Å²) < 4.78 is 5.52. The number of nitrogens with zero attached hydrogens (tertiary/aromatic N) is 1. The van der Waals surface area contributed by atoms with E-state index < -0.39 is 6.10 Å². The van der Waals surface area contributed by atoms with Gasteiger partial charge in [-0.25, -0.2) is 0 Å². The summed E-state index contributed by atoms with van der Waals surface area (Å²) in [7, 11) is 1.75. The summed E-state index contributed by atoms with van der Waals surface area (Å²) in [5.41, 5.74) is 1.03. The van der Waals surface area contributed by atoms with E-state index in [1.807, 2.05) is 13.8 Å². The molecule has 4 heteroatoms. The summed E-state index contributed by atoms with van der Waals surface area (Å²) in [6, 6.07) is 0. The first-order valence-electron chi connectivity index (χ1n) is 6.92. The molecule has 2 aliphatic rings. The van der Waals surface area contributed by atoms with Gasteiger partial charge >= 0.3 is 5.97 Å². The zero-order valence-electron chi connectivity index (χ0n) is 12.2. The van der Waals surface area contributed by atoms with Gasteiger partial charge < -0.3 is 9.64 Å². The van der Waals surface area contributed by atoms with Crippen molar-refractivity contribution in [3.8, 4) is 0 Å². The lowest BCUT2D eigenvalue weighted by Crippen LogP contribution is -2.37. The van der Waals surface area contributed by atoms with E-state index in [1.165, 1.54) is 5.57 Å². The fraction of sp³-hybridized carbons (Fsp3) is 0.733. The number of carbonyl (C=O) groups excluding carboxylic acids is 2. The summed E-state index contributed by atoms with van der Waals surface area (Å²) in [4.78, 5) is 25.8. The smallest absolute Gasteiger partial charge is 0.310 e. The molecule has 0 spiro atoms. The number of carbonyl (C=O) groups is 2. The predicted molar refractivity (Wildman–Crippen MR) is 72.4 cm³/mol. The molecule has 1 heterocycles. The third-order valence-corrected chi connectivity index (χ3v) is 4.16.